The van der Waals surface area contributed by atoms with Gasteiger partial charge in [-0.05, 0) is 18.2 Å². The first-order chi connectivity index (χ1) is 8.85. The molecule has 2 aliphatic heterocycles. The molecule has 0 aliphatic carbocycles. The normalized spacial score (nSPS) is 23.1. The highest BCUT2D eigenvalue weighted by Gasteiger charge is 2.41. The van der Waals surface area contributed by atoms with Crippen LogP contribution in [0.2, 0.25) is 0 Å². The van der Waals surface area contributed by atoms with Gasteiger partial charge >= 0.3 is 0 Å². The predicted octanol–water partition coefficient (Wildman–Crippen LogP) is 3.42. The fourth-order valence-corrected chi connectivity index (χ4v) is 2.54. The highest BCUT2D eigenvalue weighted by molar-refractivity contribution is 5.61. The molecule has 0 saturated heterocycles. The average Bonchev–Trinajstić information content (AvgIpc) is 2.76. The predicted molar refractivity (Wildman–Crippen MR) is 69.6 cm³/mol. The third-order valence-corrected chi connectivity index (χ3v) is 3.41. The van der Waals surface area contributed by atoms with Gasteiger partial charge in [-0.25, -0.2) is 0 Å². The Morgan fingerprint density at radius 1 is 0.833 bits per heavy atom. The third kappa shape index (κ3) is 1.35. The number of hydrogen-bond donors (Lipinski definition) is 0. The summed E-state index contributed by atoms with van der Waals surface area (Å²) in [5, 5.41) is 0. The fourth-order valence-electron chi connectivity index (χ4n) is 2.54. The highest BCUT2D eigenvalue weighted by Crippen LogP contribution is 2.40. The zero-order valence-corrected chi connectivity index (χ0v) is 9.80. The van der Waals surface area contributed by atoms with Crippen molar-refractivity contribution in [3.8, 4) is 11.5 Å². The van der Waals surface area contributed by atoms with Crippen LogP contribution in [0.1, 0.15) is 11.1 Å². The molecule has 2 heteroatoms. The van der Waals surface area contributed by atoms with Crippen LogP contribution < -0.4 is 9.47 Å². The van der Waals surface area contributed by atoms with Gasteiger partial charge in [0.25, 0.3) is 5.79 Å². The Morgan fingerprint density at radius 2 is 1.56 bits per heavy atom. The first-order valence-corrected chi connectivity index (χ1v) is 6.09. The summed E-state index contributed by atoms with van der Waals surface area (Å²) in [4.78, 5) is 0. The van der Waals surface area contributed by atoms with Crippen LogP contribution >= 0.6 is 0 Å². The van der Waals surface area contributed by atoms with Gasteiger partial charge in [0.2, 0.25) is 0 Å². The smallest absolute Gasteiger partial charge is 0.275 e. The van der Waals surface area contributed by atoms with Crippen molar-refractivity contribution in [2.24, 2.45) is 0 Å². The quantitative estimate of drug-likeness (QED) is 0.697. The van der Waals surface area contributed by atoms with Crippen LogP contribution in [0.15, 0.2) is 54.6 Å². The molecule has 0 bridgehead atoms. The van der Waals surface area contributed by atoms with Crippen LogP contribution in [0, 0.1) is 0 Å². The molecule has 0 saturated carbocycles. The zero-order chi connectivity index (χ0) is 12.0. The Morgan fingerprint density at radius 3 is 2.44 bits per heavy atom. The maximum Gasteiger partial charge on any atom is 0.275 e. The third-order valence-electron chi connectivity index (χ3n) is 3.41. The molecule has 4 rings (SSSR count). The molecule has 1 unspecified atom stereocenters. The Hall–Kier alpha value is -2.22. The Kier molecular flexibility index (Phi) is 1.84. The van der Waals surface area contributed by atoms with E-state index in [1.54, 1.807) is 0 Å². The summed E-state index contributed by atoms with van der Waals surface area (Å²) in [7, 11) is 0. The molecule has 0 fully saturated rings. The molecule has 2 aromatic carbocycles. The monoisotopic (exact) mass is 236 g/mol. The molecule has 2 aliphatic rings. The van der Waals surface area contributed by atoms with Gasteiger partial charge in [-0.15, -0.1) is 0 Å². The number of para-hydroxylation sites is 2. The number of rotatable bonds is 0. The minimum absolute atomic E-state index is 0.655. The minimum atomic E-state index is -0.655. The summed E-state index contributed by atoms with van der Waals surface area (Å²) < 4.78 is 12.0. The molecule has 0 N–H and O–H groups in total. The molecule has 88 valence electrons. The van der Waals surface area contributed by atoms with E-state index in [9.17, 15) is 0 Å². The number of fused-ring (bicyclic) bond motifs is 2. The lowest BCUT2D eigenvalue weighted by molar-refractivity contribution is -0.0542. The maximum atomic E-state index is 6.05. The van der Waals surface area contributed by atoms with Gasteiger partial charge in [0, 0.05) is 17.2 Å². The number of ether oxygens (including phenoxy) is 2. The van der Waals surface area contributed by atoms with Crippen molar-refractivity contribution < 1.29 is 9.47 Å². The summed E-state index contributed by atoms with van der Waals surface area (Å²) in [5.41, 5.74) is 2.30. The first-order valence-electron chi connectivity index (χ1n) is 6.09. The van der Waals surface area contributed by atoms with Crippen molar-refractivity contribution in [3.05, 3.63) is 65.7 Å². The Bertz CT molecular complexity index is 618. The molecular formula is C16H12O2. The van der Waals surface area contributed by atoms with E-state index in [1.165, 1.54) is 5.56 Å². The van der Waals surface area contributed by atoms with Gasteiger partial charge in [0.1, 0.15) is 11.5 Å². The Labute approximate surface area is 105 Å². The summed E-state index contributed by atoms with van der Waals surface area (Å²) in [6, 6.07) is 16.1. The van der Waals surface area contributed by atoms with E-state index in [-0.39, 0.29) is 0 Å². The van der Waals surface area contributed by atoms with Crippen LogP contribution in [0.4, 0.5) is 0 Å². The van der Waals surface area contributed by atoms with E-state index >= 15 is 0 Å². The van der Waals surface area contributed by atoms with Gasteiger partial charge in [0.05, 0.1) is 6.42 Å². The SMILES string of the molecule is C1=CC2(Cc3ccccc3O2)Oc2ccccc21. The lowest BCUT2D eigenvalue weighted by Gasteiger charge is -2.30. The molecule has 0 amide bonds. The molecule has 0 radical (unpaired) electrons. The summed E-state index contributed by atoms with van der Waals surface area (Å²) in [6.07, 6.45) is 4.84. The lowest BCUT2D eigenvalue weighted by atomic mass is 10.0. The van der Waals surface area contributed by atoms with Crippen molar-refractivity contribution in [1.82, 2.24) is 0 Å². The average molecular weight is 236 g/mol. The van der Waals surface area contributed by atoms with Gasteiger partial charge in [-0.2, -0.15) is 0 Å². The lowest BCUT2D eigenvalue weighted by Crippen LogP contribution is -2.40. The second-order valence-corrected chi connectivity index (χ2v) is 4.67. The van der Waals surface area contributed by atoms with E-state index in [4.69, 9.17) is 9.47 Å². The van der Waals surface area contributed by atoms with Crippen LogP contribution in [-0.4, -0.2) is 5.79 Å². The van der Waals surface area contributed by atoms with Gasteiger partial charge in [0.15, 0.2) is 0 Å². The van der Waals surface area contributed by atoms with E-state index in [0.717, 1.165) is 23.5 Å². The van der Waals surface area contributed by atoms with Crippen molar-refractivity contribution >= 4 is 6.08 Å². The summed E-state index contributed by atoms with van der Waals surface area (Å²) in [6.45, 7) is 0. The fraction of sp³-hybridized carbons (Fsp3) is 0.125. The number of benzene rings is 2. The molecule has 1 atom stereocenters. The van der Waals surface area contributed by atoms with Crippen LogP contribution in [0.25, 0.3) is 6.08 Å². The second-order valence-electron chi connectivity index (χ2n) is 4.67. The molecule has 2 heterocycles. The highest BCUT2D eigenvalue weighted by atomic mass is 16.7. The molecule has 18 heavy (non-hydrogen) atoms. The van der Waals surface area contributed by atoms with Gasteiger partial charge < -0.3 is 9.47 Å². The maximum absolute atomic E-state index is 6.05. The van der Waals surface area contributed by atoms with Crippen molar-refractivity contribution in [1.29, 1.82) is 0 Å². The summed E-state index contributed by atoms with van der Waals surface area (Å²) >= 11 is 0. The van der Waals surface area contributed by atoms with E-state index in [0.29, 0.717) is 0 Å². The molecule has 0 aromatic heterocycles. The molecule has 2 nitrogen and oxygen atoms in total. The van der Waals surface area contributed by atoms with Crippen molar-refractivity contribution in [2.45, 2.75) is 12.2 Å². The summed E-state index contributed by atoms with van der Waals surface area (Å²) in [5.74, 6) is 1.15. The zero-order valence-electron chi connectivity index (χ0n) is 9.80. The van der Waals surface area contributed by atoms with Crippen LogP contribution in [0.3, 0.4) is 0 Å². The van der Waals surface area contributed by atoms with Gasteiger partial charge in [-0.3, -0.25) is 0 Å². The minimum Gasteiger partial charge on any atom is -0.448 e. The van der Waals surface area contributed by atoms with E-state index in [2.05, 4.69) is 12.1 Å². The van der Waals surface area contributed by atoms with Crippen molar-refractivity contribution in [3.63, 3.8) is 0 Å². The largest absolute Gasteiger partial charge is 0.448 e. The second kappa shape index (κ2) is 3.39. The van der Waals surface area contributed by atoms with Crippen LogP contribution in [-0.2, 0) is 6.42 Å². The molecule has 1 spiro atoms. The molecule has 2 aromatic rings. The standard InChI is InChI=1S/C16H12O2/c1-3-7-14-12(5-1)9-10-16(17-14)11-13-6-2-4-8-15(13)18-16/h1-10H,11H2. The topological polar surface area (TPSA) is 18.5 Å². The van der Waals surface area contributed by atoms with Crippen LogP contribution in [0.5, 0.6) is 11.5 Å². The van der Waals surface area contributed by atoms with Gasteiger partial charge in [-0.1, -0.05) is 36.4 Å². The Balaban J connectivity index is 1.74. The molecular weight excluding hydrogens is 224 g/mol. The first kappa shape index (κ1) is 9.77. The van der Waals surface area contributed by atoms with Crippen molar-refractivity contribution in [2.75, 3.05) is 0 Å². The van der Waals surface area contributed by atoms with E-state index in [1.807, 2.05) is 48.5 Å². The number of hydrogen-bond acceptors (Lipinski definition) is 2. The van der Waals surface area contributed by atoms with E-state index < -0.39 is 5.79 Å².